The number of hydrogen-bond acceptors (Lipinski definition) is 7. The number of nitrogens with zero attached hydrogens (tertiary/aromatic N) is 4. The number of likely N-dealkylation sites (tertiary alicyclic amines) is 1. The Morgan fingerprint density at radius 2 is 1.81 bits per heavy atom. The van der Waals surface area contributed by atoms with E-state index in [0.29, 0.717) is 49.6 Å². The second-order valence-electron chi connectivity index (χ2n) is 9.88. The summed E-state index contributed by atoms with van der Waals surface area (Å²) in [7, 11) is -0.115. The lowest BCUT2D eigenvalue weighted by Crippen LogP contribution is -2.50. The third-order valence-electron chi connectivity index (χ3n) is 6.87. The average molecular weight is 525 g/mol. The van der Waals surface area contributed by atoms with Crippen LogP contribution in [0.4, 0.5) is 11.5 Å². The highest BCUT2D eigenvalue weighted by Gasteiger charge is 2.31. The molecule has 1 fully saturated rings. The fraction of sp³-hybridized carbons (Fsp3) is 0.444. The lowest BCUT2D eigenvalue weighted by Gasteiger charge is -2.33. The maximum atomic E-state index is 13.7. The van der Waals surface area contributed by atoms with Crippen LogP contribution in [-0.2, 0) is 14.8 Å². The van der Waals surface area contributed by atoms with E-state index >= 15 is 0 Å². The number of sulfonamides is 1. The predicted octanol–water partition coefficient (Wildman–Crippen LogP) is 3.49. The van der Waals surface area contributed by atoms with Crippen molar-refractivity contribution < 1.29 is 13.2 Å². The van der Waals surface area contributed by atoms with Gasteiger partial charge < -0.3 is 15.1 Å². The summed E-state index contributed by atoms with van der Waals surface area (Å²) in [6.07, 6.45) is 4.40. The molecule has 0 aliphatic carbocycles. The van der Waals surface area contributed by atoms with Crippen molar-refractivity contribution in [3.05, 3.63) is 54.7 Å². The second kappa shape index (κ2) is 11.9. The van der Waals surface area contributed by atoms with Gasteiger partial charge in [-0.25, -0.2) is 8.42 Å². The molecule has 3 aromatic rings. The summed E-state index contributed by atoms with van der Waals surface area (Å²) in [6.45, 7) is 4.03. The zero-order chi connectivity index (χ0) is 26.4. The molecule has 9 nitrogen and oxygen atoms in total. The third kappa shape index (κ3) is 6.56. The van der Waals surface area contributed by atoms with Crippen LogP contribution < -0.4 is 14.9 Å². The Morgan fingerprint density at radius 1 is 1.08 bits per heavy atom. The fourth-order valence-corrected chi connectivity index (χ4v) is 6.19. The number of fused-ring (bicyclic) bond motifs is 1. The lowest BCUT2D eigenvalue weighted by atomic mass is 9.98. The molecule has 2 heterocycles. The van der Waals surface area contributed by atoms with E-state index in [1.165, 1.54) is 0 Å². The quantitative estimate of drug-likeness (QED) is 0.391. The summed E-state index contributed by atoms with van der Waals surface area (Å²) in [5, 5.41) is 12.5. The van der Waals surface area contributed by atoms with Gasteiger partial charge in [-0.1, -0.05) is 31.2 Å². The molecule has 1 atom stereocenters. The predicted molar refractivity (Wildman–Crippen MR) is 147 cm³/mol. The van der Waals surface area contributed by atoms with Gasteiger partial charge in [0.1, 0.15) is 11.9 Å². The number of carbonyl (C=O) groups excluding carboxylic acids is 1. The van der Waals surface area contributed by atoms with Crippen LogP contribution >= 0.6 is 0 Å². The van der Waals surface area contributed by atoms with Crippen molar-refractivity contribution in [1.29, 1.82) is 0 Å². The third-order valence-corrected chi connectivity index (χ3v) is 8.40. The number of rotatable bonds is 10. The Labute approximate surface area is 219 Å². The smallest absolute Gasteiger partial charge is 0.241 e. The topological polar surface area (TPSA) is 108 Å². The minimum Gasteiger partial charge on any atom is -0.377 e. The SMILES string of the molecule is CC1CCN(C(=O)C(CCCNc2cccnn2)NS(=O)(=O)c2cccc3c(N(C)C)cccc23)CC1. The van der Waals surface area contributed by atoms with Gasteiger partial charge >= 0.3 is 0 Å². The molecule has 2 aromatic carbocycles. The van der Waals surface area contributed by atoms with Crippen molar-refractivity contribution >= 4 is 38.2 Å². The molecule has 1 amide bonds. The fourth-order valence-electron chi connectivity index (χ4n) is 4.74. The van der Waals surface area contributed by atoms with Crippen LogP contribution in [0.1, 0.15) is 32.6 Å². The minimum absolute atomic E-state index is 0.163. The summed E-state index contributed by atoms with van der Waals surface area (Å²) < 4.78 is 30.2. The van der Waals surface area contributed by atoms with Gasteiger partial charge in [-0.15, -0.1) is 5.10 Å². The summed E-state index contributed by atoms with van der Waals surface area (Å²) in [6, 6.07) is 13.6. The lowest BCUT2D eigenvalue weighted by molar-refractivity contribution is -0.134. The summed E-state index contributed by atoms with van der Waals surface area (Å²) in [5.41, 5.74) is 0.930. The van der Waals surface area contributed by atoms with Gasteiger partial charge in [-0.05, 0) is 55.9 Å². The molecular formula is C27H36N6O3S. The summed E-state index contributed by atoms with van der Waals surface area (Å²) in [4.78, 5) is 17.5. The molecule has 198 valence electrons. The summed E-state index contributed by atoms with van der Waals surface area (Å²) >= 11 is 0. The largest absolute Gasteiger partial charge is 0.377 e. The molecule has 4 rings (SSSR count). The maximum Gasteiger partial charge on any atom is 0.241 e. The number of carbonyl (C=O) groups is 1. The van der Waals surface area contributed by atoms with Gasteiger partial charge in [-0.2, -0.15) is 9.82 Å². The highest BCUT2D eigenvalue weighted by Crippen LogP contribution is 2.30. The highest BCUT2D eigenvalue weighted by atomic mass is 32.2. The Morgan fingerprint density at radius 3 is 2.51 bits per heavy atom. The first kappa shape index (κ1) is 26.8. The minimum atomic E-state index is -3.97. The van der Waals surface area contributed by atoms with Gasteiger partial charge in [0.05, 0.1) is 4.90 Å². The van der Waals surface area contributed by atoms with Crippen LogP contribution in [-0.4, -0.2) is 69.2 Å². The summed E-state index contributed by atoms with van der Waals surface area (Å²) in [5.74, 6) is 1.05. The molecule has 0 radical (unpaired) electrons. The molecule has 2 N–H and O–H groups in total. The van der Waals surface area contributed by atoms with E-state index in [0.717, 1.165) is 23.9 Å². The van der Waals surface area contributed by atoms with Crippen molar-refractivity contribution in [3.63, 3.8) is 0 Å². The van der Waals surface area contributed by atoms with E-state index in [-0.39, 0.29) is 10.8 Å². The molecule has 1 saturated heterocycles. The first-order valence-corrected chi connectivity index (χ1v) is 14.3. The van der Waals surface area contributed by atoms with Crippen LogP contribution in [0.25, 0.3) is 10.8 Å². The van der Waals surface area contributed by atoms with E-state index in [4.69, 9.17) is 0 Å². The first-order chi connectivity index (χ1) is 17.8. The monoisotopic (exact) mass is 524 g/mol. The zero-order valence-electron chi connectivity index (χ0n) is 21.7. The number of nitrogens with one attached hydrogen (secondary N) is 2. The van der Waals surface area contributed by atoms with Crippen molar-refractivity contribution in [1.82, 2.24) is 19.8 Å². The number of hydrogen-bond donors (Lipinski definition) is 2. The molecule has 1 aromatic heterocycles. The van der Waals surface area contributed by atoms with Crippen molar-refractivity contribution in [2.24, 2.45) is 5.92 Å². The molecule has 10 heteroatoms. The van der Waals surface area contributed by atoms with Crippen LogP contribution in [0.15, 0.2) is 59.6 Å². The first-order valence-electron chi connectivity index (χ1n) is 12.8. The molecule has 1 unspecified atom stereocenters. The standard InChI is InChI=1S/C27H36N6O3S/c1-20-14-18-33(19-15-20)27(34)23(10-6-16-28-26-13-7-17-29-30-26)31-37(35,36)25-12-5-8-21-22(25)9-4-11-24(21)32(2)3/h4-5,7-9,11-13,17,20,23,31H,6,10,14-16,18-19H2,1-3H3,(H,28,30). The molecule has 0 saturated carbocycles. The molecule has 37 heavy (non-hydrogen) atoms. The Hall–Kier alpha value is -3.24. The number of piperidine rings is 1. The van der Waals surface area contributed by atoms with E-state index < -0.39 is 16.1 Å². The van der Waals surface area contributed by atoms with E-state index in [2.05, 4.69) is 27.2 Å². The van der Waals surface area contributed by atoms with Crippen LogP contribution in [0.3, 0.4) is 0 Å². The number of anilines is 2. The molecule has 1 aliphatic heterocycles. The maximum absolute atomic E-state index is 13.7. The average Bonchev–Trinajstić information content (AvgIpc) is 2.90. The van der Waals surface area contributed by atoms with Gasteiger partial charge in [0.2, 0.25) is 15.9 Å². The molecular weight excluding hydrogens is 488 g/mol. The number of aromatic nitrogens is 2. The van der Waals surface area contributed by atoms with E-state index in [1.54, 1.807) is 29.3 Å². The van der Waals surface area contributed by atoms with Gasteiger partial charge in [0.25, 0.3) is 0 Å². The molecule has 1 aliphatic rings. The van der Waals surface area contributed by atoms with E-state index in [9.17, 15) is 13.2 Å². The Kier molecular flexibility index (Phi) is 8.60. The Balaban J connectivity index is 1.56. The molecule has 0 spiro atoms. The van der Waals surface area contributed by atoms with Crippen molar-refractivity contribution in [3.8, 4) is 0 Å². The van der Waals surface area contributed by atoms with Crippen LogP contribution in [0, 0.1) is 5.92 Å². The normalized spacial score (nSPS) is 15.5. The van der Waals surface area contributed by atoms with Crippen molar-refractivity contribution in [2.45, 2.75) is 43.5 Å². The molecule has 0 bridgehead atoms. The van der Waals surface area contributed by atoms with Crippen LogP contribution in [0.5, 0.6) is 0 Å². The zero-order valence-corrected chi connectivity index (χ0v) is 22.5. The Bertz CT molecular complexity index is 1310. The second-order valence-corrected chi connectivity index (χ2v) is 11.6. The van der Waals surface area contributed by atoms with Gasteiger partial charge in [0.15, 0.2) is 0 Å². The number of benzene rings is 2. The van der Waals surface area contributed by atoms with Crippen LogP contribution in [0.2, 0.25) is 0 Å². The van der Waals surface area contributed by atoms with E-state index in [1.807, 2.05) is 49.3 Å². The number of amides is 1. The highest BCUT2D eigenvalue weighted by molar-refractivity contribution is 7.89. The van der Waals surface area contributed by atoms with Crippen molar-refractivity contribution in [2.75, 3.05) is 43.9 Å². The van der Waals surface area contributed by atoms with Gasteiger partial charge in [0, 0.05) is 56.4 Å². The van der Waals surface area contributed by atoms with Gasteiger partial charge in [-0.3, -0.25) is 4.79 Å².